The Labute approximate surface area is 351 Å². The van der Waals surface area contributed by atoms with Crippen LogP contribution in [0.25, 0.3) is 0 Å². The Kier molecular flexibility index (Phi) is 38.9. The van der Waals surface area contributed by atoms with Crippen LogP contribution in [-0.2, 0) is 32.7 Å². The van der Waals surface area contributed by atoms with E-state index in [0.717, 1.165) is 64.2 Å². The Morgan fingerprint density at radius 1 is 0.526 bits per heavy atom. The van der Waals surface area contributed by atoms with Gasteiger partial charge in [0.05, 0.1) is 27.7 Å². The van der Waals surface area contributed by atoms with Gasteiger partial charge in [-0.15, -0.1) is 0 Å². The van der Waals surface area contributed by atoms with E-state index in [1.807, 2.05) is 21.1 Å². The molecule has 2 atom stereocenters. The summed E-state index contributed by atoms with van der Waals surface area (Å²) in [6.07, 6.45) is 43.6. The van der Waals surface area contributed by atoms with Gasteiger partial charge in [0, 0.05) is 12.8 Å². The Morgan fingerprint density at radius 2 is 0.895 bits per heavy atom. The van der Waals surface area contributed by atoms with E-state index in [1.54, 1.807) is 0 Å². The van der Waals surface area contributed by atoms with Crippen molar-refractivity contribution in [2.24, 2.45) is 0 Å². The molecule has 336 valence electrons. The summed E-state index contributed by atoms with van der Waals surface area (Å²) in [6.45, 7) is 4.42. The molecule has 0 amide bonds. The van der Waals surface area contributed by atoms with Gasteiger partial charge in [0.1, 0.15) is 19.8 Å². The van der Waals surface area contributed by atoms with Crippen molar-refractivity contribution >= 4 is 19.8 Å². The van der Waals surface area contributed by atoms with E-state index in [1.165, 1.54) is 116 Å². The van der Waals surface area contributed by atoms with E-state index >= 15 is 0 Å². The van der Waals surface area contributed by atoms with Crippen LogP contribution in [-0.4, -0.2) is 74.9 Å². The summed E-state index contributed by atoms with van der Waals surface area (Å²) in [5.74, 6) is -0.807. The van der Waals surface area contributed by atoms with Gasteiger partial charge >= 0.3 is 19.8 Å². The first-order valence-corrected chi connectivity index (χ1v) is 25.1. The SMILES string of the molecule is CCCCCCCC/C=C\CCCCCCCC(=O)OCC(COP(=O)(O)OCC[N+](C)(C)C)OC(=O)CCCCCCCCC/C=C\CCCCCCCCC. The number of carbonyl (C=O) groups excluding carboxylic acids is 2. The number of carbonyl (C=O) groups is 2. The normalized spacial score (nSPS) is 13.7. The molecule has 0 fully saturated rings. The lowest BCUT2D eigenvalue weighted by molar-refractivity contribution is -0.870. The molecule has 0 aromatic rings. The first kappa shape index (κ1) is 55.5. The zero-order chi connectivity index (χ0) is 42.1. The highest BCUT2D eigenvalue weighted by Crippen LogP contribution is 2.43. The van der Waals surface area contributed by atoms with Gasteiger partial charge < -0.3 is 18.9 Å². The van der Waals surface area contributed by atoms with Crippen LogP contribution in [0, 0.1) is 0 Å². The van der Waals surface area contributed by atoms with Crippen LogP contribution < -0.4 is 0 Å². The molecule has 0 aromatic carbocycles. The quantitative estimate of drug-likeness (QED) is 0.0213. The molecule has 10 heteroatoms. The molecule has 0 spiro atoms. The highest BCUT2D eigenvalue weighted by molar-refractivity contribution is 7.47. The highest BCUT2D eigenvalue weighted by atomic mass is 31.2. The highest BCUT2D eigenvalue weighted by Gasteiger charge is 2.27. The van der Waals surface area contributed by atoms with E-state index in [0.29, 0.717) is 17.4 Å². The number of hydrogen-bond acceptors (Lipinski definition) is 7. The summed E-state index contributed by atoms with van der Waals surface area (Å²) in [7, 11) is 1.47. The number of quaternary nitrogens is 1. The van der Waals surface area contributed by atoms with Crippen molar-refractivity contribution < 1.29 is 42.1 Å². The van der Waals surface area contributed by atoms with Crippen LogP contribution in [0.2, 0.25) is 0 Å². The molecule has 0 heterocycles. The monoisotopic (exact) mass is 829 g/mol. The Morgan fingerprint density at radius 3 is 1.30 bits per heavy atom. The topological polar surface area (TPSA) is 108 Å². The average molecular weight is 829 g/mol. The number of hydrogen-bond donors (Lipinski definition) is 1. The minimum absolute atomic E-state index is 0.0308. The summed E-state index contributed by atoms with van der Waals surface area (Å²) >= 11 is 0. The smallest absolute Gasteiger partial charge is 0.462 e. The van der Waals surface area contributed by atoms with Crippen LogP contribution in [0.3, 0.4) is 0 Å². The molecule has 0 bridgehead atoms. The van der Waals surface area contributed by atoms with E-state index in [4.69, 9.17) is 18.5 Å². The molecule has 0 radical (unpaired) electrons. The van der Waals surface area contributed by atoms with Gasteiger partial charge in [0.25, 0.3) is 0 Å². The third-order valence-corrected chi connectivity index (χ3v) is 11.2. The van der Waals surface area contributed by atoms with E-state index < -0.39 is 26.5 Å². The maximum Gasteiger partial charge on any atom is 0.472 e. The lowest BCUT2D eigenvalue weighted by Crippen LogP contribution is -2.37. The van der Waals surface area contributed by atoms with Crippen molar-refractivity contribution in [3.63, 3.8) is 0 Å². The Balaban J connectivity index is 4.32. The second-order valence-electron chi connectivity index (χ2n) is 17.1. The van der Waals surface area contributed by atoms with Crippen LogP contribution >= 0.6 is 7.82 Å². The number of likely N-dealkylation sites (N-methyl/N-ethyl adjacent to an activating group) is 1. The maximum atomic E-state index is 12.7. The van der Waals surface area contributed by atoms with Gasteiger partial charge in [-0.2, -0.15) is 0 Å². The number of phosphoric ester groups is 1. The first-order chi connectivity index (χ1) is 27.5. The van der Waals surface area contributed by atoms with E-state index in [-0.39, 0.29) is 32.0 Å². The van der Waals surface area contributed by atoms with Crippen molar-refractivity contribution in [2.45, 2.75) is 219 Å². The Bertz CT molecular complexity index is 1030. The number of rotatable bonds is 43. The fraction of sp³-hybridized carbons (Fsp3) is 0.872. The van der Waals surface area contributed by atoms with Crippen LogP contribution in [0.1, 0.15) is 213 Å². The molecule has 57 heavy (non-hydrogen) atoms. The van der Waals surface area contributed by atoms with Crippen LogP contribution in [0.4, 0.5) is 0 Å². The summed E-state index contributed by atoms with van der Waals surface area (Å²) in [5.41, 5.74) is 0. The lowest BCUT2D eigenvalue weighted by Gasteiger charge is -2.24. The molecule has 0 aliphatic carbocycles. The molecule has 0 rings (SSSR count). The number of unbranched alkanes of at least 4 members (excludes halogenated alkanes) is 25. The third-order valence-electron chi connectivity index (χ3n) is 10.2. The lowest BCUT2D eigenvalue weighted by atomic mass is 10.1. The third kappa shape index (κ3) is 43.9. The predicted molar refractivity (Wildman–Crippen MR) is 238 cm³/mol. The predicted octanol–water partition coefficient (Wildman–Crippen LogP) is 13.5. The van der Waals surface area contributed by atoms with Crippen molar-refractivity contribution in [3.05, 3.63) is 24.3 Å². The first-order valence-electron chi connectivity index (χ1n) is 23.6. The average Bonchev–Trinajstić information content (AvgIpc) is 3.16. The van der Waals surface area contributed by atoms with Crippen molar-refractivity contribution in [3.8, 4) is 0 Å². The largest absolute Gasteiger partial charge is 0.472 e. The second kappa shape index (κ2) is 39.9. The van der Waals surface area contributed by atoms with E-state index in [9.17, 15) is 19.0 Å². The summed E-state index contributed by atoms with van der Waals surface area (Å²) in [5, 5.41) is 0. The number of esters is 2. The molecule has 0 aliphatic heterocycles. The standard InChI is InChI=1S/C47H90NO8P/c1-6-8-10-12-14-16-18-20-22-23-24-26-28-30-32-34-36-38-40-47(50)56-45(44-55-57(51,52)54-42-41-48(3,4)5)43-53-46(49)39-37-35-33-31-29-27-25-21-19-17-15-13-11-9-7-2/h21-23,25,45H,6-20,24,26-44H2,1-5H3/p+1/b23-22-,25-21-. The maximum absolute atomic E-state index is 12.7. The molecule has 0 aromatic heterocycles. The van der Waals surface area contributed by atoms with Gasteiger partial charge in [-0.25, -0.2) is 4.57 Å². The number of phosphoric acid groups is 1. The molecular formula is C47H91NO8P+. The zero-order valence-electron chi connectivity index (χ0n) is 37.8. The fourth-order valence-corrected chi connectivity index (χ4v) is 7.22. The molecule has 0 saturated carbocycles. The number of ether oxygens (including phenoxy) is 2. The van der Waals surface area contributed by atoms with Gasteiger partial charge in [-0.05, 0) is 64.2 Å². The molecule has 9 nitrogen and oxygen atoms in total. The number of allylic oxidation sites excluding steroid dienone is 4. The van der Waals surface area contributed by atoms with Gasteiger partial charge in [0.15, 0.2) is 6.10 Å². The van der Waals surface area contributed by atoms with Crippen LogP contribution in [0.15, 0.2) is 24.3 Å². The minimum Gasteiger partial charge on any atom is -0.462 e. The van der Waals surface area contributed by atoms with E-state index in [2.05, 4.69) is 38.2 Å². The molecule has 0 aliphatic rings. The number of nitrogens with zero attached hydrogens (tertiary/aromatic N) is 1. The van der Waals surface area contributed by atoms with Gasteiger partial charge in [0.2, 0.25) is 0 Å². The molecule has 0 saturated heterocycles. The molecule has 1 N–H and O–H groups in total. The summed E-state index contributed by atoms with van der Waals surface area (Å²) in [4.78, 5) is 35.4. The zero-order valence-corrected chi connectivity index (χ0v) is 38.7. The fourth-order valence-electron chi connectivity index (χ4n) is 6.47. The van der Waals surface area contributed by atoms with Crippen molar-refractivity contribution in [2.75, 3.05) is 47.5 Å². The van der Waals surface area contributed by atoms with Gasteiger partial charge in [-0.1, -0.05) is 160 Å². The molecular weight excluding hydrogens is 737 g/mol. The summed E-state index contributed by atoms with van der Waals surface area (Å²) in [6, 6.07) is 0. The minimum atomic E-state index is -4.38. The van der Waals surface area contributed by atoms with Crippen molar-refractivity contribution in [1.29, 1.82) is 0 Å². The van der Waals surface area contributed by atoms with Gasteiger partial charge in [-0.3, -0.25) is 18.6 Å². The summed E-state index contributed by atoms with van der Waals surface area (Å²) < 4.78 is 34.4. The molecule has 2 unspecified atom stereocenters. The Hall–Kier alpha value is -1.51. The van der Waals surface area contributed by atoms with Crippen LogP contribution in [0.5, 0.6) is 0 Å². The second-order valence-corrected chi connectivity index (χ2v) is 18.6. The van der Waals surface area contributed by atoms with Crippen molar-refractivity contribution in [1.82, 2.24) is 0 Å².